The first-order valence-electron chi connectivity index (χ1n) is 11.8. The second-order valence-corrected chi connectivity index (χ2v) is 13.2. The lowest BCUT2D eigenvalue weighted by molar-refractivity contribution is 0.0934. The zero-order valence-corrected chi connectivity index (χ0v) is 22.2. The Morgan fingerprint density at radius 3 is 2.71 bits per heavy atom. The number of rotatable bonds is 7. The predicted octanol–water partition coefficient (Wildman–Crippen LogP) is 4.67. The molecule has 0 bridgehead atoms. The number of aliphatic hydroxyl groups is 1. The predicted molar refractivity (Wildman–Crippen MR) is 141 cm³/mol. The number of benzene rings is 1. The number of fused-ring (bicyclic) bond motifs is 2. The van der Waals surface area contributed by atoms with Crippen LogP contribution in [0.15, 0.2) is 36.4 Å². The zero-order valence-electron chi connectivity index (χ0n) is 20.6. The van der Waals surface area contributed by atoms with Gasteiger partial charge in [-0.2, -0.15) is 0 Å². The van der Waals surface area contributed by atoms with Crippen molar-refractivity contribution in [1.82, 2.24) is 10.3 Å². The fourth-order valence-electron chi connectivity index (χ4n) is 4.69. The van der Waals surface area contributed by atoms with Crippen LogP contribution in [0, 0.1) is 11.3 Å². The maximum absolute atomic E-state index is 13.2. The van der Waals surface area contributed by atoms with Crippen LogP contribution < -0.4 is 10.0 Å². The van der Waals surface area contributed by atoms with Crippen LogP contribution in [0.25, 0.3) is 10.2 Å². The van der Waals surface area contributed by atoms with E-state index in [0.717, 1.165) is 41.4 Å². The van der Waals surface area contributed by atoms with Crippen LogP contribution in [0.3, 0.4) is 0 Å². The molecule has 0 radical (unpaired) electrons. The third-order valence-electron chi connectivity index (χ3n) is 6.64. The molecule has 188 valence electrons. The average molecular weight is 516 g/mol. The SMILES string of the molecule is CC(C)(C)[C@H]1CCc2nc3sc(C(=O)NC(CCO)c4cccc(NS(C)(=O)=O)c4)cc3cc2C1. The van der Waals surface area contributed by atoms with E-state index in [0.29, 0.717) is 28.5 Å². The molecule has 1 amide bonds. The highest BCUT2D eigenvalue weighted by molar-refractivity contribution is 7.92. The summed E-state index contributed by atoms with van der Waals surface area (Å²) < 4.78 is 25.6. The van der Waals surface area contributed by atoms with Crippen molar-refractivity contribution in [1.29, 1.82) is 0 Å². The molecule has 0 saturated carbocycles. The van der Waals surface area contributed by atoms with E-state index in [2.05, 4.69) is 36.9 Å². The number of aliphatic hydroxyl groups excluding tert-OH is 1. The van der Waals surface area contributed by atoms with Gasteiger partial charge in [-0.15, -0.1) is 11.3 Å². The van der Waals surface area contributed by atoms with Gasteiger partial charge in [0, 0.05) is 23.4 Å². The second kappa shape index (κ2) is 9.87. The molecule has 3 N–H and O–H groups in total. The highest BCUT2D eigenvalue weighted by Gasteiger charge is 2.30. The minimum Gasteiger partial charge on any atom is -0.396 e. The first-order valence-corrected chi connectivity index (χ1v) is 14.6. The number of carbonyl (C=O) groups excluding carboxylic acids is 1. The number of thiophene rings is 1. The van der Waals surface area contributed by atoms with Crippen LogP contribution in [0.4, 0.5) is 5.69 Å². The lowest BCUT2D eigenvalue weighted by atomic mass is 9.71. The van der Waals surface area contributed by atoms with Gasteiger partial charge in [-0.25, -0.2) is 13.4 Å². The molecule has 9 heteroatoms. The van der Waals surface area contributed by atoms with Gasteiger partial charge in [0.25, 0.3) is 5.91 Å². The third-order valence-corrected chi connectivity index (χ3v) is 8.29. The summed E-state index contributed by atoms with van der Waals surface area (Å²) in [5, 5.41) is 13.6. The second-order valence-electron chi connectivity index (χ2n) is 10.4. The van der Waals surface area contributed by atoms with Crippen molar-refractivity contribution in [2.75, 3.05) is 17.6 Å². The lowest BCUT2D eigenvalue weighted by Gasteiger charge is -2.34. The number of amides is 1. The summed E-state index contributed by atoms with van der Waals surface area (Å²) in [6, 6.07) is 10.5. The number of anilines is 1. The largest absolute Gasteiger partial charge is 0.396 e. The number of sulfonamides is 1. The summed E-state index contributed by atoms with van der Waals surface area (Å²) in [7, 11) is -3.42. The molecule has 7 nitrogen and oxygen atoms in total. The number of nitrogens with one attached hydrogen (secondary N) is 2. The molecule has 1 unspecified atom stereocenters. The Labute approximate surface area is 211 Å². The van der Waals surface area contributed by atoms with E-state index in [9.17, 15) is 18.3 Å². The van der Waals surface area contributed by atoms with E-state index in [1.165, 1.54) is 16.9 Å². The topological polar surface area (TPSA) is 108 Å². The first-order chi connectivity index (χ1) is 16.4. The van der Waals surface area contributed by atoms with Crippen molar-refractivity contribution in [3.63, 3.8) is 0 Å². The van der Waals surface area contributed by atoms with Gasteiger partial charge in [0.2, 0.25) is 10.0 Å². The van der Waals surface area contributed by atoms with Gasteiger partial charge in [0.05, 0.1) is 17.2 Å². The Kier molecular flexibility index (Phi) is 7.22. The Hall–Kier alpha value is -2.49. The summed E-state index contributed by atoms with van der Waals surface area (Å²) in [5.41, 5.74) is 3.79. The number of pyridine rings is 1. The van der Waals surface area contributed by atoms with Gasteiger partial charge >= 0.3 is 0 Å². The highest BCUT2D eigenvalue weighted by Crippen LogP contribution is 2.38. The summed E-state index contributed by atoms with van der Waals surface area (Å²) in [6.45, 7) is 6.75. The summed E-state index contributed by atoms with van der Waals surface area (Å²) in [6.07, 6.45) is 4.49. The molecule has 3 aromatic rings. The van der Waals surface area contributed by atoms with E-state index in [4.69, 9.17) is 4.98 Å². The van der Waals surface area contributed by atoms with Gasteiger partial charge in [-0.1, -0.05) is 32.9 Å². The van der Waals surface area contributed by atoms with E-state index in [1.54, 1.807) is 24.3 Å². The molecule has 0 saturated heterocycles. The molecule has 35 heavy (non-hydrogen) atoms. The normalized spacial score (nSPS) is 17.1. The lowest BCUT2D eigenvalue weighted by Crippen LogP contribution is -2.28. The number of nitrogens with zero attached hydrogens (tertiary/aromatic N) is 1. The molecular weight excluding hydrogens is 482 g/mol. The van der Waals surface area contributed by atoms with E-state index >= 15 is 0 Å². The molecule has 2 heterocycles. The number of hydrogen-bond acceptors (Lipinski definition) is 6. The van der Waals surface area contributed by atoms with E-state index < -0.39 is 16.1 Å². The maximum Gasteiger partial charge on any atom is 0.261 e. The van der Waals surface area contributed by atoms with Gasteiger partial charge in [0.1, 0.15) is 4.83 Å². The van der Waals surface area contributed by atoms with Crippen molar-refractivity contribution in [3.05, 3.63) is 58.1 Å². The van der Waals surface area contributed by atoms with Crippen LogP contribution in [-0.4, -0.2) is 37.3 Å². The van der Waals surface area contributed by atoms with Crippen LogP contribution in [0.1, 0.15) is 66.1 Å². The third kappa shape index (κ3) is 6.20. The van der Waals surface area contributed by atoms with Gasteiger partial charge in [0.15, 0.2) is 0 Å². The van der Waals surface area contributed by atoms with Crippen LogP contribution in [0.5, 0.6) is 0 Å². The molecule has 1 aliphatic carbocycles. The number of hydrogen-bond donors (Lipinski definition) is 3. The van der Waals surface area contributed by atoms with Crippen LogP contribution in [0.2, 0.25) is 0 Å². The fourth-order valence-corrected chi connectivity index (χ4v) is 6.18. The van der Waals surface area contributed by atoms with E-state index in [-0.39, 0.29) is 17.9 Å². The molecule has 0 spiro atoms. The molecule has 0 aliphatic heterocycles. The van der Waals surface area contributed by atoms with Crippen molar-refractivity contribution < 1.29 is 18.3 Å². The van der Waals surface area contributed by atoms with Crippen molar-refractivity contribution in [3.8, 4) is 0 Å². The number of aromatic nitrogens is 1. The van der Waals surface area contributed by atoms with Crippen molar-refractivity contribution >= 4 is 43.2 Å². The Morgan fingerprint density at radius 1 is 1.26 bits per heavy atom. The molecule has 2 aromatic heterocycles. The molecule has 1 aromatic carbocycles. The molecule has 0 fully saturated rings. The monoisotopic (exact) mass is 515 g/mol. The highest BCUT2D eigenvalue weighted by atomic mass is 32.2. The fraction of sp³-hybridized carbons (Fsp3) is 0.462. The first kappa shape index (κ1) is 25.6. The zero-order chi connectivity index (χ0) is 25.4. The number of aryl methyl sites for hydroxylation is 1. The molecule has 2 atom stereocenters. The smallest absolute Gasteiger partial charge is 0.261 e. The van der Waals surface area contributed by atoms with Gasteiger partial charge < -0.3 is 10.4 Å². The quantitative estimate of drug-likeness (QED) is 0.424. The van der Waals surface area contributed by atoms with Gasteiger partial charge in [-0.3, -0.25) is 9.52 Å². The molecule has 4 rings (SSSR count). The van der Waals surface area contributed by atoms with Crippen LogP contribution in [-0.2, 0) is 22.9 Å². The standard InChI is InChI=1S/C26H33N3O4S2/c1-26(2,3)19-8-9-21-17(13-19)12-18-15-23(34-25(18)28-21)24(31)27-22(10-11-30)16-6-5-7-20(14-16)29-35(4,32)33/h5-7,12,14-15,19,22,29-30H,8-11,13H2,1-4H3,(H,27,31)/t19-,22?/m0/s1. The van der Waals surface area contributed by atoms with Gasteiger partial charge in [-0.05, 0) is 72.4 Å². The molecular formula is C26H33N3O4S2. The Morgan fingerprint density at radius 2 is 2.03 bits per heavy atom. The minimum absolute atomic E-state index is 0.121. The minimum atomic E-state index is -3.42. The van der Waals surface area contributed by atoms with E-state index in [1.807, 2.05) is 6.07 Å². The summed E-state index contributed by atoms with van der Waals surface area (Å²) >= 11 is 1.37. The maximum atomic E-state index is 13.2. The Balaban J connectivity index is 1.56. The average Bonchev–Trinajstić information content (AvgIpc) is 3.18. The molecule has 1 aliphatic rings. The summed E-state index contributed by atoms with van der Waals surface area (Å²) in [4.78, 5) is 19.5. The van der Waals surface area contributed by atoms with Crippen molar-refractivity contribution in [2.45, 2.75) is 52.5 Å². The van der Waals surface area contributed by atoms with Crippen LogP contribution >= 0.6 is 11.3 Å². The summed E-state index contributed by atoms with van der Waals surface area (Å²) in [5.74, 6) is 0.376. The number of carbonyl (C=O) groups is 1. The van der Waals surface area contributed by atoms with Crippen molar-refractivity contribution in [2.24, 2.45) is 11.3 Å². The Bertz CT molecular complexity index is 1340.